The standard InChI is InChI=1S/C26H41BN3O5/c1-17(2)19(24(34)35-10)29(8)23(33)20(25(3,4)5)28-22(32)21(30(9)27-16-31)26(6,7)18-14-12-11-13-15-18/h11-17,19-21H,1-10H3,(H,28,32)/t19-,20+,21+/m0/s1. The first-order chi connectivity index (χ1) is 16.1. The number of methoxy groups -OCH3 is 1. The van der Waals surface area contributed by atoms with E-state index in [1.54, 1.807) is 18.9 Å². The summed E-state index contributed by atoms with van der Waals surface area (Å²) in [5.41, 5.74) is -0.455. The zero-order valence-electron chi connectivity index (χ0n) is 22.8. The van der Waals surface area contributed by atoms with Crippen molar-refractivity contribution in [2.75, 3.05) is 21.2 Å². The van der Waals surface area contributed by atoms with Gasteiger partial charge in [-0.15, -0.1) is 0 Å². The van der Waals surface area contributed by atoms with Gasteiger partial charge in [-0.25, -0.2) is 4.79 Å². The van der Waals surface area contributed by atoms with Gasteiger partial charge in [0.15, 0.2) is 0 Å². The van der Waals surface area contributed by atoms with Gasteiger partial charge in [-0.1, -0.05) is 78.8 Å². The van der Waals surface area contributed by atoms with Crippen molar-refractivity contribution in [3.05, 3.63) is 35.9 Å². The van der Waals surface area contributed by atoms with E-state index in [0.717, 1.165) is 5.56 Å². The van der Waals surface area contributed by atoms with Crippen molar-refractivity contribution in [1.82, 2.24) is 15.0 Å². The Kier molecular flexibility index (Phi) is 10.7. The third-order valence-corrected chi connectivity index (χ3v) is 6.39. The highest BCUT2D eigenvalue weighted by Gasteiger charge is 2.44. The van der Waals surface area contributed by atoms with Gasteiger partial charge in [0.2, 0.25) is 11.8 Å². The molecule has 0 heterocycles. The number of nitrogens with one attached hydrogen (secondary N) is 1. The second-order valence-corrected chi connectivity index (χ2v) is 10.9. The van der Waals surface area contributed by atoms with Gasteiger partial charge in [-0.2, -0.15) is 0 Å². The number of esters is 1. The van der Waals surface area contributed by atoms with E-state index < -0.39 is 46.7 Å². The molecule has 0 bridgehead atoms. The summed E-state index contributed by atoms with van der Waals surface area (Å²) >= 11 is 0. The lowest BCUT2D eigenvalue weighted by atomic mass is 9.73. The van der Waals surface area contributed by atoms with Crippen LogP contribution in [0.2, 0.25) is 0 Å². The number of rotatable bonds is 11. The van der Waals surface area contributed by atoms with Crippen LogP contribution in [-0.4, -0.2) is 80.4 Å². The van der Waals surface area contributed by atoms with Crippen LogP contribution in [0.3, 0.4) is 0 Å². The Hall–Kier alpha value is -2.68. The molecule has 1 rings (SSSR count). The van der Waals surface area contributed by atoms with Crippen LogP contribution in [0.15, 0.2) is 30.3 Å². The molecule has 35 heavy (non-hydrogen) atoms. The van der Waals surface area contributed by atoms with E-state index in [1.165, 1.54) is 19.4 Å². The van der Waals surface area contributed by atoms with E-state index in [2.05, 4.69) is 5.32 Å². The Morgan fingerprint density at radius 1 is 1.03 bits per heavy atom. The average molecular weight is 486 g/mol. The summed E-state index contributed by atoms with van der Waals surface area (Å²) in [6.07, 6.45) is 0.630. The van der Waals surface area contributed by atoms with Crippen molar-refractivity contribution in [2.24, 2.45) is 11.3 Å². The van der Waals surface area contributed by atoms with Gasteiger partial charge >= 0.3 is 5.97 Å². The third kappa shape index (κ3) is 7.40. The fourth-order valence-corrected chi connectivity index (χ4v) is 4.44. The van der Waals surface area contributed by atoms with E-state index in [-0.39, 0.29) is 5.92 Å². The Bertz CT molecular complexity index is 883. The summed E-state index contributed by atoms with van der Waals surface area (Å²) in [5, 5.41) is 2.94. The highest BCUT2D eigenvalue weighted by atomic mass is 16.5. The molecule has 1 aromatic carbocycles. The van der Waals surface area contributed by atoms with Crippen LogP contribution in [0.4, 0.5) is 0 Å². The van der Waals surface area contributed by atoms with Crippen LogP contribution >= 0.6 is 0 Å². The zero-order valence-corrected chi connectivity index (χ0v) is 22.8. The van der Waals surface area contributed by atoms with Crippen LogP contribution in [0.5, 0.6) is 0 Å². The highest BCUT2D eigenvalue weighted by Crippen LogP contribution is 2.31. The summed E-state index contributed by atoms with van der Waals surface area (Å²) in [4.78, 5) is 54.1. The molecular weight excluding hydrogens is 445 g/mol. The Morgan fingerprint density at radius 3 is 2.00 bits per heavy atom. The molecule has 0 aromatic heterocycles. The van der Waals surface area contributed by atoms with Crippen molar-refractivity contribution < 1.29 is 23.9 Å². The molecule has 1 radical (unpaired) electrons. The predicted molar refractivity (Wildman–Crippen MR) is 138 cm³/mol. The summed E-state index contributed by atoms with van der Waals surface area (Å²) < 4.78 is 4.92. The normalized spacial score (nSPS) is 14.6. The maximum absolute atomic E-state index is 13.8. The van der Waals surface area contributed by atoms with Gasteiger partial charge in [0, 0.05) is 12.5 Å². The molecule has 3 atom stereocenters. The lowest BCUT2D eigenvalue weighted by molar-refractivity contribution is -0.155. The second kappa shape index (κ2) is 12.3. The molecule has 0 fully saturated rings. The number of amides is 2. The van der Waals surface area contributed by atoms with Crippen LogP contribution in [-0.2, 0) is 29.3 Å². The van der Waals surface area contributed by atoms with Crippen LogP contribution in [0, 0.1) is 11.3 Å². The van der Waals surface area contributed by atoms with Gasteiger partial charge in [0.25, 0.3) is 7.41 Å². The van der Waals surface area contributed by atoms with Crippen molar-refractivity contribution in [3.8, 4) is 0 Å². The zero-order chi connectivity index (χ0) is 27.1. The Morgan fingerprint density at radius 2 is 1.57 bits per heavy atom. The topological polar surface area (TPSA) is 96.0 Å². The molecule has 0 aliphatic heterocycles. The molecule has 0 saturated carbocycles. The van der Waals surface area contributed by atoms with Crippen molar-refractivity contribution >= 4 is 31.4 Å². The number of likely N-dealkylation sites (N-methyl/N-ethyl adjacent to an activating group) is 2. The number of carbonyl (C=O) groups excluding carboxylic acids is 4. The predicted octanol–water partition coefficient (Wildman–Crippen LogP) is 2.26. The van der Waals surface area contributed by atoms with Gasteiger partial charge in [-0.3, -0.25) is 9.59 Å². The first kappa shape index (κ1) is 30.4. The number of carbonyl (C=O) groups is 4. The number of hydrogen-bond donors (Lipinski definition) is 1. The van der Waals surface area contributed by atoms with E-state index in [0.29, 0.717) is 6.19 Å². The molecule has 0 saturated heterocycles. The summed E-state index contributed by atoms with van der Waals surface area (Å²) in [6.45, 7) is 13.1. The van der Waals surface area contributed by atoms with E-state index >= 15 is 0 Å². The minimum absolute atomic E-state index is 0.189. The summed E-state index contributed by atoms with van der Waals surface area (Å²) in [7, 11) is 5.80. The third-order valence-electron chi connectivity index (χ3n) is 6.39. The molecular formula is C26H41BN3O5. The molecule has 193 valence electrons. The Labute approximate surface area is 211 Å². The molecule has 0 unspecified atom stereocenters. The van der Waals surface area contributed by atoms with E-state index in [9.17, 15) is 19.2 Å². The quantitative estimate of drug-likeness (QED) is 0.293. The lowest BCUT2D eigenvalue weighted by Gasteiger charge is -2.42. The van der Waals surface area contributed by atoms with Crippen molar-refractivity contribution in [3.63, 3.8) is 0 Å². The largest absolute Gasteiger partial charge is 0.467 e. The number of hydrogen-bond acceptors (Lipinski definition) is 6. The fraction of sp³-hybridized carbons (Fsp3) is 0.615. The molecule has 8 nitrogen and oxygen atoms in total. The number of ether oxygens (including phenoxy) is 1. The summed E-state index contributed by atoms with van der Waals surface area (Å²) in [6, 6.07) is 7.03. The first-order valence-corrected chi connectivity index (χ1v) is 11.8. The van der Waals surface area contributed by atoms with Crippen molar-refractivity contribution in [2.45, 2.75) is 72.0 Å². The van der Waals surface area contributed by atoms with Gasteiger partial charge in [-0.05, 0) is 23.9 Å². The van der Waals surface area contributed by atoms with Gasteiger partial charge in [0.05, 0.1) is 19.3 Å². The molecule has 9 heteroatoms. The smallest absolute Gasteiger partial charge is 0.328 e. The SMILES string of the molecule is COC(=O)[C@H](C(C)C)N(C)C(=O)[C@@H](NC(=O)[C@@H](N(C)[B]C=O)C(C)(C)c1ccccc1)C(C)(C)C. The van der Waals surface area contributed by atoms with Gasteiger partial charge in [0.1, 0.15) is 12.1 Å². The fourth-order valence-electron chi connectivity index (χ4n) is 4.44. The maximum atomic E-state index is 13.8. The molecule has 0 spiro atoms. The second-order valence-electron chi connectivity index (χ2n) is 10.9. The molecule has 0 aliphatic rings. The van der Waals surface area contributed by atoms with Gasteiger partial charge < -0.3 is 24.6 Å². The van der Waals surface area contributed by atoms with Crippen LogP contribution < -0.4 is 5.32 Å². The average Bonchev–Trinajstić information content (AvgIpc) is 2.76. The summed E-state index contributed by atoms with van der Waals surface area (Å²) in [5.74, 6) is -1.50. The minimum atomic E-state index is -0.926. The Balaban J connectivity index is 3.42. The molecule has 2 amide bonds. The molecule has 1 N–H and O–H groups in total. The van der Waals surface area contributed by atoms with Crippen LogP contribution in [0.1, 0.15) is 54.0 Å². The number of nitrogens with zero attached hydrogens (tertiary/aromatic N) is 2. The van der Waals surface area contributed by atoms with E-state index in [4.69, 9.17) is 4.74 Å². The molecule has 1 aromatic rings. The minimum Gasteiger partial charge on any atom is -0.467 e. The number of benzene rings is 1. The first-order valence-electron chi connectivity index (χ1n) is 11.8. The van der Waals surface area contributed by atoms with Crippen molar-refractivity contribution in [1.29, 1.82) is 0 Å². The van der Waals surface area contributed by atoms with Crippen LogP contribution in [0.25, 0.3) is 0 Å². The lowest BCUT2D eigenvalue weighted by Crippen LogP contribution is -2.63. The maximum Gasteiger partial charge on any atom is 0.328 e. The highest BCUT2D eigenvalue weighted by molar-refractivity contribution is 6.64. The monoisotopic (exact) mass is 486 g/mol. The molecule has 0 aliphatic carbocycles. The van der Waals surface area contributed by atoms with E-state index in [1.807, 2.05) is 78.8 Å².